The molecule has 28 heavy (non-hydrogen) atoms. The Morgan fingerprint density at radius 3 is 1.46 bits per heavy atom. The van der Waals surface area contributed by atoms with Gasteiger partial charge in [0.15, 0.2) is 0 Å². The smallest absolute Gasteiger partial charge is 0.410 e. The summed E-state index contributed by atoms with van der Waals surface area (Å²) in [5, 5.41) is 5.50. The van der Waals surface area contributed by atoms with Crippen molar-refractivity contribution in [2.24, 2.45) is 0 Å². The number of carbonyl (C=O) groups is 2. The van der Waals surface area contributed by atoms with E-state index in [0.29, 0.717) is 24.6 Å². The number of ether oxygens (including phenoxy) is 2. The molecule has 0 unspecified atom stereocenters. The van der Waals surface area contributed by atoms with Gasteiger partial charge in [0.1, 0.15) is 11.5 Å². The quantitative estimate of drug-likeness (QED) is 0.612. The van der Waals surface area contributed by atoms with Crippen molar-refractivity contribution < 1.29 is 19.1 Å². The molecule has 6 heteroatoms. The Kier molecular flexibility index (Phi) is 8.85. The summed E-state index contributed by atoms with van der Waals surface area (Å²) in [4.78, 5) is 23.5. The summed E-state index contributed by atoms with van der Waals surface area (Å²) in [5.41, 5.74) is 1.84. The van der Waals surface area contributed by atoms with Crippen LogP contribution in [0.2, 0.25) is 0 Å². The fourth-order valence-corrected chi connectivity index (χ4v) is 2.60. The molecule has 150 valence electrons. The average Bonchev–Trinajstić information content (AvgIpc) is 2.67. The van der Waals surface area contributed by atoms with Crippen molar-refractivity contribution in [3.8, 4) is 11.5 Å². The summed E-state index contributed by atoms with van der Waals surface area (Å²) >= 11 is 0. The number of hydrogen-bond acceptors (Lipinski definition) is 4. The van der Waals surface area contributed by atoms with Crippen molar-refractivity contribution >= 4 is 12.2 Å². The van der Waals surface area contributed by atoms with Gasteiger partial charge in [0.25, 0.3) is 0 Å². The van der Waals surface area contributed by atoms with Crippen molar-refractivity contribution in [1.29, 1.82) is 0 Å². The lowest BCUT2D eigenvalue weighted by atomic mass is 10.2. The molecule has 0 radical (unpaired) electrons. The Labute approximate surface area is 166 Å². The highest BCUT2D eigenvalue weighted by Crippen LogP contribution is 2.16. The largest absolute Gasteiger partial charge is 0.412 e. The number of benzene rings is 2. The molecule has 0 fully saturated rings. The van der Waals surface area contributed by atoms with E-state index in [2.05, 4.69) is 10.6 Å². The molecule has 0 aromatic heterocycles. The lowest BCUT2D eigenvalue weighted by Crippen LogP contribution is -2.28. The minimum absolute atomic E-state index is 0.435. The van der Waals surface area contributed by atoms with E-state index in [1.807, 2.05) is 50.2 Å². The zero-order chi connectivity index (χ0) is 20.2. The zero-order valence-electron chi connectivity index (χ0n) is 16.5. The molecule has 0 saturated carbocycles. The van der Waals surface area contributed by atoms with E-state index >= 15 is 0 Å². The highest BCUT2D eigenvalue weighted by Gasteiger charge is 2.06. The number of rotatable bonds is 9. The lowest BCUT2D eigenvalue weighted by Gasteiger charge is -2.09. The average molecular weight is 384 g/mol. The Balaban J connectivity index is 1.48. The number of aryl methyl sites for hydroxylation is 2. The maximum atomic E-state index is 11.8. The van der Waals surface area contributed by atoms with Crippen LogP contribution in [0.25, 0.3) is 0 Å². The molecule has 0 aliphatic heterocycles. The first-order valence-corrected chi connectivity index (χ1v) is 9.59. The first-order chi connectivity index (χ1) is 13.6. The molecule has 0 spiro atoms. The fourth-order valence-electron chi connectivity index (χ4n) is 2.60. The minimum Gasteiger partial charge on any atom is -0.410 e. The van der Waals surface area contributed by atoms with Crippen molar-refractivity contribution in [1.82, 2.24) is 10.6 Å². The van der Waals surface area contributed by atoms with Gasteiger partial charge in [0, 0.05) is 13.1 Å². The Morgan fingerprint density at radius 1 is 0.679 bits per heavy atom. The summed E-state index contributed by atoms with van der Waals surface area (Å²) in [6.07, 6.45) is 2.76. The standard InChI is InChI=1S/C22H28N2O4/c1-17-11-5-7-13-19(17)27-21(25)23-15-9-3-4-10-16-24-22(26)28-20-14-8-6-12-18(20)2/h5-8,11-14H,3-4,9-10,15-16H2,1-2H3,(H,23,25)(H,24,26). The van der Waals surface area contributed by atoms with Crippen LogP contribution in [-0.2, 0) is 0 Å². The van der Waals surface area contributed by atoms with E-state index in [0.717, 1.165) is 36.8 Å². The third kappa shape index (κ3) is 7.70. The second-order valence-corrected chi connectivity index (χ2v) is 6.58. The number of carbonyl (C=O) groups excluding carboxylic acids is 2. The molecule has 2 N–H and O–H groups in total. The summed E-state index contributed by atoms with van der Waals surface area (Å²) < 4.78 is 10.5. The normalized spacial score (nSPS) is 10.2. The molecule has 6 nitrogen and oxygen atoms in total. The molecule has 2 aromatic carbocycles. The van der Waals surface area contributed by atoms with Crippen LogP contribution in [0.3, 0.4) is 0 Å². The number of amides is 2. The maximum Gasteiger partial charge on any atom is 0.412 e. The van der Waals surface area contributed by atoms with E-state index in [1.165, 1.54) is 0 Å². The second kappa shape index (κ2) is 11.6. The van der Waals surface area contributed by atoms with Crippen molar-refractivity contribution in [2.45, 2.75) is 39.5 Å². The number of para-hydroxylation sites is 2. The maximum absolute atomic E-state index is 11.8. The molecule has 0 atom stereocenters. The van der Waals surface area contributed by atoms with Gasteiger partial charge in [-0.2, -0.15) is 0 Å². The Bertz CT molecular complexity index is 711. The van der Waals surface area contributed by atoms with Gasteiger partial charge >= 0.3 is 12.2 Å². The Hall–Kier alpha value is -3.02. The SMILES string of the molecule is Cc1ccccc1OC(=O)NCCCCCCNC(=O)Oc1ccccc1C. The summed E-state index contributed by atoms with van der Waals surface area (Å²) in [6.45, 7) is 4.92. The third-order valence-corrected chi connectivity index (χ3v) is 4.23. The summed E-state index contributed by atoms with van der Waals surface area (Å²) in [7, 11) is 0. The van der Waals surface area contributed by atoms with Crippen LogP contribution in [0, 0.1) is 13.8 Å². The molecule has 0 bridgehead atoms. The van der Waals surface area contributed by atoms with E-state index in [1.54, 1.807) is 12.1 Å². The van der Waals surface area contributed by atoms with Gasteiger partial charge in [-0.15, -0.1) is 0 Å². The number of nitrogens with one attached hydrogen (secondary N) is 2. The first kappa shape index (κ1) is 21.3. The summed E-state index contributed by atoms with van der Waals surface area (Å²) in [6, 6.07) is 14.8. The predicted octanol–water partition coefficient (Wildman–Crippen LogP) is 4.74. The van der Waals surface area contributed by atoms with Gasteiger partial charge < -0.3 is 20.1 Å². The van der Waals surface area contributed by atoms with Crippen molar-refractivity contribution in [3.05, 3.63) is 59.7 Å². The van der Waals surface area contributed by atoms with Crippen LogP contribution in [0.1, 0.15) is 36.8 Å². The number of hydrogen-bond donors (Lipinski definition) is 2. The minimum atomic E-state index is -0.435. The number of unbranched alkanes of at least 4 members (excludes halogenated alkanes) is 3. The third-order valence-electron chi connectivity index (χ3n) is 4.23. The molecule has 0 aliphatic carbocycles. The molecule has 2 rings (SSSR count). The van der Waals surface area contributed by atoms with Gasteiger partial charge in [-0.3, -0.25) is 0 Å². The molecule has 2 aromatic rings. The van der Waals surface area contributed by atoms with Crippen LogP contribution in [0.5, 0.6) is 11.5 Å². The van der Waals surface area contributed by atoms with Crippen LogP contribution in [0.15, 0.2) is 48.5 Å². The predicted molar refractivity (Wildman–Crippen MR) is 109 cm³/mol. The highest BCUT2D eigenvalue weighted by molar-refractivity contribution is 5.71. The van der Waals surface area contributed by atoms with Gasteiger partial charge in [-0.05, 0) is 49.9 Å². The van der Waals surface area contributed by atoms with E-state index < -0.39 is 12.2 Å². The van der Waals surface area contributed by atoms with Crippen LogP contribution in [-0.4, -0.2) is 25.3 Å². The van der Waals surface area contributed by atoms with Gasteiger partial charge in [-0.1, -0.05) is 49.2 Å². The second-order valence-electron chi connectivity index (χ2n) is 6.58. The first-order valence-electron chi connectivity index (χ1n) is 9.59. The van der Waals surface area contributed by atoms with Crippen LogP contribution < -0.4 is 20.1 Å². The van der Waals surface area contributed by atoms with E-state index in [-0.39, 0.29) is 0 Å². The fraction of sp³-hybridized carbons (Fsp3) is 0.364. The van der Waals surface area contributed by atoms with Gasteiger partial charge in [0.05, 0.1) is 0 Å². The van der Waals surface area contributed by atoms with E-state index in [9.17, 15) is 9.59 Å². The molecule has 0 aliphatic rings. The summed E-state index contributed by atoms with van der Waals surface area (Å²) in [5.74, 6) is 1.15. The van der Waals surface area contributed by atoms with Crippen LogP contribution in [0.4, 0.5) is 9.59 Å². The Morgan fingerprint density at radius 2 is 1.07 bits per heavy atom. The highest BCUT2D eigenvalue weighted by atomic mass is 16.6. The topological polar surface area (TPSA) is 76.7 Å². The van der Waals surface area contributed by atoms with Gasteiger partial charge in [0.2, 0.25) is 0 Å². The van der Waals surface area contributed by atoms with Crippen molar-refractivity contribution in [3.63, 3.8) is 0 Å². The molecular weight excluding hydrogens is 356 g/mol. The van der Waals surface area contributed by atoms with E-state index in [4.69, 9.17) is 9.47 Å². The van der Waals surface area contributed by atoms with Gasteiger partial charge in [-0.25, -0.2) is 9.59 Å². The monoisotopic (exact) mass is 384 g/mol. The molecule has 0 saturated heterocycles. The van der Waals surface area contributed by atoms with Crippen molar-refractivity contribution in [2.75, 3.05) is 13.1 Å². The van der Waals surface area contributed by atoms with Crippen LogP contribution >= 0.6 is 0 Å². The zero-order valence-corrected chi connectivity index (χ0v) is 16.5. The lowest BCUT2D eigenvalue weighted by molar-refractivity contribution is 0.198. The molecule has 0 heterocycles. The molecule has 2 amide bonds. The molecular formula is C22H28N2O4.